The van der Waals surface area contributed by atoms with Crippen molar-refractivity contribution in [2.24, 2.45) is 0 Å². The number of anilines is 1. The lowest BCUT2D eigenvalue weighted by atomic mass is 9.94. The molecule has 2 aliphatic heterocycles. The summed E-state index contributed by atoms with van der Waals surface area (Å²) in [6.07, 6.45) is 0.464. The van der Waals surface area contributed by atoms with Crippen LogP contribution in [0.25, 0.3) is 0 Å². The Labute approximate surface area is 185 Å². The standard InChI is InChI=1S/C21H27N5O4S/c1-3-25-20(24-8-10-30-11-9-24)22-23-21(25)31-14-18(27)26-13-16-7-5-4-6-15(16)12-17(26)19(28)29-2/h4-7,17H,3,8-14H2,1-2H3/t17-/m0/s1. The van der Waals surface area contributed by atoms with E-state index in [0.717, 1.165) is 30.2 Å². The molecule has 3 heterocycles. The molecule has 1 aromatic carbocycles. The van der Waals surface area contributed by atoms with Crippen LogP contribution >= 0.6 is 11.8 Å². The Morgan fingerprint density at radius 3 is 2.65 bits per heavy atom. The van der Waals surface area contributed by atoms with Crippen LogP contribution in [0.1, 0.15) is 18.1 Å². The van der Waals surface area contributed by atoms with Crippen LogP contribution in [-0.2, 0) is 38.6 Å². The maximum absolute atomic E-state index is 13.1. The van der Waals surface area contributed by atoms with E-state index in [1.165, 1.54) is 18.9 Å². The molecule has 1 saturated heterocycles. The van der Waals surface area contributed by atoms with Gasteiger partial charge in [-0.15, -0.1) is 10.2 Å². The van der Waals surface area contributed by atoms with Gasteiger partial charge >= 0.3 is 5.97 Å². The minimum atomic E-state index is -0.610. The summed E-state index contributed by atoms with van der Waals surface area (Å²) in [5, 5.41) is 9.37. The zero-order valence-corrected chi connectivity index (χ0v) is 18.6. The second-order valence-corrected chi connectivity index (χ2v) is 8.39. The van der Waals surface area contributed by atoms with Gasteiger partial charge in [-0.2, -0.15) is 0 Å². The van der Waals surface area contributed by atoms with Gasteiger partial charge in [0, 0.05) is 32.6 Å². The number of carbonyl (C=O) groups is 2. The highest BCUT2D eigenvalue weighted by Crippen LogP contribution is 2.27. The summed E-state index contributed by atoms with van der Waals surface area (Å²) < 4.78 is 12.4. The minimum Gasteiger partial charge on any atom is -0.467 e. The molecule has 31 heavy (non-hydrogen) atoms. The molecule has 0 saturated carbocycles. The summed E-state index contributed by atoms with van der Waals surface area (Å²) in [6, 6.07) is 7.29. The molecule has 10 heteroatoms. The van der Waals surface area contributed by atoms with Crippen molar-refractivity contribution >= 4 is 29.6 Å². The average molecular weight is 446 g/mol. The SMILES string of the molecule is CCn1c(SCC(=O)N2Cc3ccccc3C[C@H]2C(=O)OC)nnc1N1CCOCC1. The number of morpholine rings is 1. The first-order valence-corrected chi connectivity index (χ1v) is 11.4. The van der Waals surface area contributed by atoms with Crippen LogP contribution in [0.5, 0.6) is 0 Å². The Kier molecular flexibility index (Phi) is 6.77. The fraction of sp³-hybridized carbons (Fsp3) is 0.524. The fourth-order valence-corrected chi connectivity index (χ4v) is 4.89. The molecule has 1 amide bonds. The number of aromatic nitrogens is 3. The summed E-state index contributed by atoms with van der Waals surface area (Å²) in [5.41, 5.74) is 2.14. The molecular weight excluding hydrogens is 418 g/mol. The normalized spacial score (nSPS) is 18.6. The molecular formula is C21H27N5O4S. The van der Waals surface area contributed by atoms with E-state index >= 15 is 0 Å². The number of thioether (sulfide) groups is 1. The smallest absolute Gasteiger partial charge is 0.328 e. The summed E-state index contributed by atoms with van der Waals surface area (Å²) in [6.45, 7) is 6.03. The number of hydrogen-bond acceptors (Lipinski definition) is 8. The van der Waals surface area contributed by atoms with Crippen LogP contribution in [0.15, 0.2) is 29.4 Å². The van der Waals surface area contributed by atoms with E-state index in [9.17, 15) is 9.59 Å². The number of ether oxygens (including phenoxy) is 2. The van der Waals surface area contributed by atoms with Crippen molar-refractivity contribution in [2.45, 2.75) is 37.6 Å². The second kappa shape index (κ2) is 9.69. The molecule has 1 atom stereocenters. The van der Waals surface area contributed by atoms with E-state index in [1.807, 2.05) is 35.8 Å². The van der Waals surface area contributed by atoms with Crippen LogP contribution < -0.4 is 4.90 Å². The first-order chi connectivity index (χ1) is 15.1. The lowest BCUT2D eigenvalue weighted by Gasteiger charge is -2.35. The van der Waals surface area contributed by atoms with Crippen molar-refractivity contribution in [2.75, 3.05) is 44.1 Å². The molecule has 2 aromatic rings. The highest BCUT2D eigenvalue weighted by molar-refractivity contribution is 7.99. The molecule has 0 radical (unpaired) electrons. The number of nitrogens with zero attached hydrogens (tertiary/aromatic N) is 5. The van der Waals surface area contributed by atoms with Gasteiger partial charge in [0.2, 0.25) is 11.9 Å². The maximum Gasteiger partial charge on any atom is 0.328 e. The second-order valence-electron chi connectivity index (χ2n) is 7.45. The third-order valence-corrected chi connectivity index (χ3v) is 6.63. The van der Waals surface area contributed by atoms with Gasteiger partial charge in [0.25, 0.3) is 0 Å². The minimum absolute atomic E-state index is 0.117. The molecule has 1 fully saturated rings. The van der Waals surface area contributed by atoms with E-state index in [2.05, 4.69) is 15.1 Å². The number of fused-ring (bicyclic) bond motifs is 1. The van der Waals surface area contributed by atoms with Crippen molar-refractivity contribution in [3.8, 4) is 0 Å². The quantitative estimate of drug-likeness (QED) is 0.486. The third kappa shape index (κ3) is 4.54. The number of methoxy groups -OCH3 is 1. The van der Waals surface area contributed by atoms with E-state index < -0.39 is 6.04 Å². The number of carbonyl (C=O) groups excluding carboxylic acids is 2. The molecule has 9 nitrogen and oxygen atoms in total. The molecule has 2 aliphatic rings. The fourth-order valence-electron chi connectivity index (χ4n) is 4.00. The summed E-state index contributed by atoms with van der Waals surface area (Å²) >= 11 is 1.35. The highest BCUT2D eigenvalue weighted by atomic mass is 32.2. The van der Waals surface area contributed by atoms with Gasteiger partial charge in [-0.25, -0.2) is 4.79 Å². The van der Waals surface area contributed by atoms with Gasteiger partial charge in [-0.1, -0.05) is 36.0 Å². The molecule has 0 aliphatic carbocycles. The maximum atomic E-state index is 13.1. The lowest BCUT2D eigenvalue weighted by molar-refractivity contribution is -0.153. The third-order valence-electron chi connectivity index (χ3n) is 5.67. The summed E-state index contributed by atoms with van der Waals surface area (Å²) in [5.74, 6) is 0.476. The van der Waals surface area contributed by atoms with E-state index in [0.29, 0.717) is 37.9 Å². The molecule has 0 spiro atoms. The Hall–Kier alpha value is -2.59. The van der Waals surface area contributed by atoms with Crippen molar-refractivity contribution in [1.82, 2.24) is 19.7 Å². The topological polar surface area (TPSA) is 89.8 Å². The number of rotatable bonds is 6. The average Bonchev–Trinajstić information content (AvgIpc) is 3.24. The van der Waals surface area contributed by atoms with Gasteiger partial charge in [0.05, 0.1) is 26.1 Å². The Bertz CT molecular complexity index is 944. The predicted molar refractivity (Wildman–Crippen MR) is 116 cm³/mol. The van der Waals surface area contributed by atoms with Gasteiger partial charge in [0.1, 0.15) is 6.04 Å². The predicted octanol–water partition coefficient (Wildman–Crippen LogP) is 1.35. The van der Waals surface area contributed by atoms with E-state index in [-0.39, 0.29) is 17.6 Å². The lowest BCUT2D eigenvalue weighted by Crippen LogP contribution is -2.49. The zero-order chi connectivity index (χ0) is 21.8. The number of esters is 1. The molecule has 0 N–H and O–H groups in total. The summed E-state index contributed by atoms with van der Waals surface area (Å²) in [4.78, 5) is 29.3. The first-order valence-electron chi connectivity index (χ1n) is 10.4. The van der Waals surface area contributed by atoms with Gasteiger partial charge in [-0.05, 0) is 18.1 Å². The molecule has 0 unspecified atom stereocenters. The van der Waals surface area contributed by atoms with E-state index in [4.69, 9.17) is 9.47 Å². The monoisotopic (exact) mass is 445 g/mol. The molecule has 4 rings (SSSR count). The van der Waals surface area contributed by atoms with Crippen molar-refractivity contribution in [3.05, 3.63) is 35.4 Å². The van der Waals surface area contributed by atoms with Gasteiger partial charge < -0.3 is 19.3 Å². The molecule has 166 valence electrons. The number of amides is 1. The number of hydrogen-bond donors (Lipinski definition) is 0. The Morgan fingerprint density at radius 1 is 1.19 bits per heavy atom. The van der Waals surface area contributed by atoms with Crippen LogP contribution in [0.3, 0.4) is 0 Å². The number of benzene rings is 1. The molecule has 0 bridgehead atoms. The molecule has 1 aromatic heterocycles. The van der Waals surface area contributed by atoms with Crippen LogP contribution in [0.2, 0.25) is 0 Å². The Balaban J connectivity index is 1.47. The van der Waals surface area contributed by atoms with Crippen LogP contribution in [0.4, 0.5) is 5.95 Å². The summed E-state index contributed by atoms with van der Waals surface area (Å²) in [7, 11) is 1.36. The first kappa shape index (κ1) is 21.6. The van der Waals surface area contributed by atoms with Crippen molar-refractivity contribution in [3.63, 3.8) is 0 Å². The van der Waals surface area contributed by atoms with Crippen molar-refractivity contribution < 1.29 is 19.1 Å². The largest absolute Gasteiger partial charge is 0.467 e. The van der Waals surface area contributed by atoms with Crippen LogP contribution in [0, 0.1) is 0 Å². The van der Waals surface area contributed by atoms with Gasteiger partial charge in [0.15, 0.2) is 5.16 Å². The van der Waals surface area contributed by atoms with Crippen molar-refractivity contribution in [1.29, 1.82) is 0 Å². The van der Waals surface area contributed by atoms with Crippen LogP contribution in [-0.4, -0.2) is 76.7 Å². The van der Waals surface area contributed by atoms with E-state index in [1.54, 1.807) is 4.90 Å². The zero-order valence-electron chi connectivity index (χ0n) is 17.8. The Morgan fingerprint density at radius 2 is 1.94 bits per heavy atom. The van der Waals surface area contributed by atoms with Gasteiger partial charge in [-0.3, -0.25) is 9.36 Å². The highest BCUT2D eigenvalue weighted by Gasteiger charge is 2.35.